The Hall–Kier alpha value is -2.95. The van der Waals surface area contributed by atoms with Gasteiger partial charge in [-0.15, -0.1) is 5.48 Å². The van der Waals surface area contributed by atoms with Gasteiger partial charge in [0.2, 0.25) is 5.95 Å². The molecule has 4 fully saturated rings. The summed E-state index contributed by atoms with van der Waals surface area (Å²) in [5, 5.41) is 3.35. The first-order chi connectivity index (χ1) is 18.5. The van der Waals surface area contributed by atoms with Crippen molar-refractivity contribution in [3.63, 3.8) is 0 Å². The Balaban J connectivity index is 1.42. The van der Waals surface area contributed by atoms with Crippen LogP contribution >= 0.6 is 11.6 Å². The molecule has 2 saturated carbocycles. The first-order valence-electron chi connectivity index (χ1n) is 13.6. The molecule has 1 amide bonds. The summed E-state index contributed by atoms with van der Waals surface area (Å²) in [6, 6.07) is 7.70. The number of rotatable bonds is 5. The predicted octanol–water partition coefficient (Wildman–Crippen LogP) is 4.59. The maximum absolute atomic E-state index is 11.8. The quantitative estimate of drug-likeness (QED) is 0.487. The van der Waals surface area contributed by atoms with Gasteiger partial charge in [-0.1, -0.05) is 43.5 Å². The van der Waals surface area contributed by atoms with E-state index in [0.717, 1.165) is 61.2 Å². The molecule has 7 rings (SSSR count). The smallest absolute Gasteiger partial charge is 0.377 e. The van der Waals surface area contributed by atoms with Crippen LogP contribution in [-0.2, 0) is 16.1 Å². The number of carbonyl (C=O) groups is 1. The van der Waals surface area contributed by atoms with Crippen molar-refractivity contribution in [1.29, 1.82) is 0 Å². The molecular formula is C27H32ClN7O3. The summed E-state index contributed by atoms with van der Waals surface area (Å²) >= 11 is 6.44. The zero-order valence-corrected chi connectivity index (χ0v) is 22.2. The molecule has 2 N–H and O–H groups in total. The van der Waals surface area contributed by atoms with Gasteiger partial charge in [0.05, 0.1) is 18.8 Å². The van der Waals surface area contributed by atoms with Crippen LogP contribution in [0, 0.1) is 11.8 Å². The highest BCUT2D eigenvalue weighted by atomic mass is 35.5. The molecule has 38 heavy (non-hydrogen) atoms. The van der Waals surface area contributed by atoms with E-state index in [1.165, 1.54) is 25.7 Å². The van der Waals surface area contributed by atoms with Gasteiger partial charge in [-0.25, -0.2) is 14.8 Å². The van der Waals surface area contributed by atoms with E-state index in [2.05, 4.69) is 27.2 Å². The molecule has 0 bridgehead atoms. The second kappa shape index (κ2) is 9.36. The molecule has 1 atom stereocenters. The summed E-state index contributed by atoms with van der Waals surface area (Å²) in [7, 11) is 0. The maximum Gasteiger partial charge on any atom is 0.427 e. The lowest BCUT2D eigenvalue weighted by Crippen LogP contribution is -2.49. The van der Waals surface area contributed by atoms with Gasteiger partial charge < -0.3 is 19.0 Å². The average Bonchev–Trinajstić information content (AvgIpc) is 3.38. The van der Waals surface area contributed by atoms with Gasteiger partial charge in [-0.3, -0.25) is 5.32 Å². The van der Waals surface area contributed by atoms with Crippen LogP contribution < -0.4 is 15.7 Å². The molecule has 200 valence electrons. The van der Waals surface area contributed by atoms with Crippen molar-refractivity contribution in [1.82, 2.24) is 30.3 Å². The van der Waals surface area contributed by atoms with E-state index in [-0.39, 0.29) is 5.54 Å². The summed E-state index contributed by atoms with van der Waals surface area (Å²) in [5.41, 5.74) is 5.83. The SMILES string of the molecule is CC1CCC(Cn2c(N3CCOCC34CC4)nc3nc(C4NOC(=O)N4)nc(-c4cccc(Cl)c4)c32)CC1. The molecule has 2 aliphatic heterocycles. The third kappa shape index (κ3) is 4.28. The van der Waals surface area contributed by atoms with E-state index < -0.39 is 12.3 Å². The van der Waals surface area contributed by atoms with Crippen LogP contribution in [0.3, 0.4) is 0 Å². The number of imidazole rings is 1. The van der Waals surface area contributed by atoms with Crippen molar-refractivity contribution >= 4 is 34.8 Å². The summed E-state index contributed by atoms with van der Waals surface area (Å²) < 4.78 is 8.25. The lowest BCUT2D eigenvalue weighted by atomic mass is 9.83. The number of hydroxylamine groups is 1. The normalized spacial score (nSPS) is 26.5. The minimum absolute atomic E-state index is 0.0136. The third-order valence-electron chi connectivity index (χ3n) is 8.54. The van der Waals surface area contributed by atoms with Crippen LogP contribution in [0.15, 0.2) is 24.3 Å². The number of hydrogen-bond acceptors (Lipinski definition) is 8. The van der Waals surface area contributed by atoms with Gasteiger partial charge in [0, 0.05) is 23.7 Å². The van der Waals surface area contributed by atoms with Crippen LogP contribution in [0.5, 0.6) is 0 Å². The molecule has 3 aromatic rings. The molecule has 1 unspecified atom stereocenters. The molecule has 1 aromatic carbocycles. The Morgan fingerprint density at radius 3 is 2.74 bits per heavy atom. The van der Waals surface area contributed by atoms with Crippen LogP contribution in [0.2, 0.25) is 5.02 Å². The number of carbonyl (C=O) groups excluding carboxylic acids is 1. The number of anilines is 1. The molecule has 2 saturated heterocycles. The number of hydrogen-bond donors (Lipinski definition) is 2. The van der Waals surface area contributed by atoms with Crippen molar-refractivity contribution in [3.8, 4) is 11.3 Å². The summed E-state index contributed by atoms with van der Waals surface area (Å²) in [4.78, 5) is 34.1. The zero-order valence-electron chi connectivity index (χ0n) is 21.5. The topological polar surface area (TPSA) is 106 Å². The molecule has 1 spiro atoms. The summed E-state index contributed by atoms with van der Waals surface area (Å²) in [6.45, 7) is 5.42. The fourth-order valence-electron chi connectivity index (χ4n) is 6.17. The van der Waals surface area contributed by atoms with Crippen molar-refractivity contribution in [2.24, 2.45) is 11.8 Å². The number of halogens is 1. The number of morpholine rings is 1. The predicted molar refractivity (Wildman–Crippen MR) is 143 cm³/mol. The first-order valence-corrected chi connectivity index (χ1v) is 14.0. The molecule has 4 heterocycles. The van der Waals surface area contributed by atoms with Gasteiger partial charge in [-0.2, -0.15) is 4.98 Å². The van der Waals surface area contributed by atoms with Gasteiger partial charge in [0.25, 0.3) is 0 Å². The number of nitrogens with zero attached hydrogens (tertiary/aromatic N) is 5. The minimum atomic E-state index is -0.670. The van der Waals surface area contributed by atoms with E-state index in [4.69, 9.17) is 36.1 Å². The minimum Gasteiger partial charge on any atom is -0.377 e. The van der Waals surface area contributed by atoms with Crippen LogP contribution in [0.25, 0.3) is 22.4 Å². The summed E-state index contributed by atoms with van der Waals surface area (Å²) in [5.74, 6) is 2.68. The van der Waals surface area contributed by atoms with E-state index in [1.54, 1.807) is 0 Å². The fourth-order valence-corrected chi connectivity index (χ4v) is 6.36. The molecule has 11 heteroatoms. The van der Waals surface area contributed by atoms with Crippen molar-refractivity contribution in [2.45, 2.75) is 63.7 Å². The lowest BCUT2D eigenvalue weighted by molar-refractivity contribution is 0.0850. The second-order valence-electron chi connectivity index (χ2n) is 11.3. The Morgan fingerprint density at radius 1 is 1.16 bits per heavy atom. The standard InChI is InChI=1S/C27H32ClN7O3/c1-16-5-7-17(8-6-16)14-34-21-20(18-3-2-4-19(28)13-18)29-23(24-32-26(36)38-33-24)30-22(21)31-25(34)35-11-12-37-15-27(35)9-10-27/h2-4,13,16-17,24,33H,5-12,14-15H2,1H3,(H,32,36). The fraction of sp³-hybridized carbons (Fsp3) is 0.556. The Morgan fingerprint density at radius 2 is 2.00 bits per heavy atom. The molecule has 2 aliphatic carbocycles. The Labute approximate surface area is 226 Å². The van der Waals surface area contributed by atoms with Gasteiger partial charge in [0.15, 0.2) is 17.6 Å². The molecule has 4 aliphatic rings. The average molecular weight is 538 g/mol. The van der Waals surface area contributed by atoms with E-state index in [0.29, 0.717) is 29.0 Å². The molecular weight excluding hydrogens is 506 g/mol. The van der Waals surface area contributed by atoms with Gasteiger partial charge in [-0.05, 0) is 49.7 Å². The van der Waals surface area contributed by atoms with Crippen LogP contribution in [0.4, 0.5) is 10.7 Å². The third-order valence-corrected chi connectivity index (χ3v) is 8.77. The zero-order chi connectivity index (χ0) is 25.9. The summed E-state index contributed by atoms with van der Waals surface area (Å²) in [6.07, 6.45) is 5.88. The first kappa shape index (κ1) is 24.1. The number of amides is 1. The van der Waals surface area contributed by atoms with E-state index >= 15 is 0 Å². The molecule has 10 nitrogen and oxygen atoms in total. The highest BCUT2D eigenvalue weighted by molar-refractivity contribution is 6.30. The lowest BCUT2D eigenvalue weighted by Gasteiger charge is -2.37. The number of ether oxygens (including phenoxy) is 1. The van der Waals surface area contributed by atoms with E-state index in [9.17, 15) is 4.79 Å². The number of fused-ring (bicyclic) bond motifs is 1. The second-order valence-corrected chi connectivity index (χ2v) is 11.7. The largest absolute Gasteiger partial charge is 0.427 e. The molecule has 2 aromatic heterocycles. The molecule has 0 radical (unpaired) electrons. The van der Waals surface area contributed by atoms with Crippen LogP contribution in [0.1, 0.15) is 57.4 Å². The highest BCUT2D eigenvalue weighted by Gasteiger charge is 2.52. The number of nitrogens with one attached hydrogen (secondary N) is 2. The van der Waals surface area contributed by atoms with Crippen LogP contribution in [-0.4, -0.2) is 50.9 Å². The number of benzene rings is 1. The van der Waals surface area contributed by atoms with Gasteiger partial charge >= 0.3 is 6.09 Å². The Bertz CT molecular complexity index is 1380. The van der Waals surface area contributed by atoms with Crippen molar-refractivity contribution < 1.29 is 14.4 Å². The van der Waals surface area contributed by atoms with Gasteiger partial charge in [0.1, 0.15) is 11.2 Å². The monoisotopic (exact) mass is 537 g/mol. The van der Waals surface area contributed by atoms with Crippen molar-refractivity contribution in [2.75, 3.05) is 24.7 Å². The number of aromatic nitrogens is 4. The highest BCUT2D eigenvalue weighted by Crippen LogP contribution is 2.47. The van der Waals surface area contributed by atoms with Crippen molar-refractivity contribution in [3.05, 3.63) is 35.1 Å². The Kier molecular flexibility index (Phi) is 5.94. The maximum atomic E-state index is 11.8. The van der Waals surface area contributed by atoms with E-state index in [1.807, 2.05) is 24.3 Å².